The molecule has 26 heavy (non-hydrogen) atoms. The van der Waals surface area contributed by atoms with Crippen molar-refractivity contribution in [2.24, 2.45) is 4.99 Å². The molecule has 1 fully saturated rings. The summed E-state index contributed by atoms with van der Waals surface area (Å²) in [6, 6.07) is 9.47. The fourth-order valence-electron chi connectivity index (χ4n) is 3.17. The highest BCUT2D eigenvalue weighted by atomic mass is 16.2. The van der Waals surface area contributed by atoms with E-state index in [1.807, 2.05) is 22.8 Å². The topological polar surface area (TPSA) is 68.0 Å². The van der Waals surface area contributed by atoms with Crippen LogP contribution in [0.3, 0.4) is 0 Å². The third-order valence-electron chi connectivity index (χ3n) is 5.00. The number of aliphatic imine (C=N–C) groups is 1. The van der Waals surface area contributed by atoms with Crippen LogP contribution in [0, 0.1) is 0 Å². The molecule has 2 atom stereocenters. The van der Waals surface area contributed by atoms with Crippen molar-refractivity contribution in [2.45, 2.75) is 38.8 Å². The van der Waals surface area contributed by atoms with Gasteiger partial charge in [-0.05, 0) is 18.9 Å². The summed E-state index contributed by atoms with van der Waals surface area (Å²) in [5.41, 5.74) is 1.20. The normalized spacial score (nSPS) is 21.1. The fraction of sp³-hybridized carbons (Fsp3) is 0.474. The van der Waals surface area contributed by atoms with E-state index in [0.29, 0.717) is 18.3 Å². The number of benzene rings is 1. The van der Waals surface area contributed by atoms with E-state index in [9.17, 15) is 9.59 Å². The molecular weight excluding hydrogens is 330 g/mol. The Hall–Kier alpha value is -2.70. The molecule has 2 unspecified atom stereocenters. The van der Waals surface area contributed by atoms with Crippen molar-refractivity contribution in [1.82, 2.24) is 15.1 Å². The molecule has 3 amide bonds. The number of urea groups is 1. The summed E-state index contributed by atoms with van der Waals surface area (Å²) >= 11 is 0. The van der Waals surface area contributed by atoms with Gasteiger partial charge in [-0.2, -0.15) is 0 Å². The monoisotopic (exact) mass is 356 g/mol. The summed E-state index contributed by atoms with van der Waals surface area (Å²) in [6.07, 6.45) is 1.73. The third-order valence-corrected chi connectivity index (χ3v) is 5.00. The van der Waals surface area contributed by atoms with Crippen LogP contribution in [-0.4, -0.2) is 70.8 Å². The van der Waals surface area contributed by atoms with Crippen LogP contribution < -0.4 is 5.32 Å². The van der Waals surface area contributed by atoms with E-state index < -0.39 is 6.04 Å². The quantitative estimate of drug-likeness (QED) is 0.809. The van der Waals surface area contributed by atoms with Crippen molar-refractivity contribution >= 4 is 23.7 Å². The average molecular weight is 356 g/mol. The van der Waals surface area contributed by atoms with Gasteiger partial charge in [0.05, 0.1) is 12.6 Å². The van der Waals surface area contributed by atoms with Crippen molar-refractivity contribution in [2.75, 3.05) is 20.6 Å². The van der Waals surface area contributed by atoms with E-state index in [-0.39, 0.29) is 18.0 Å². The zero-order valence-electron chi connectivity index (χ0n) is 15.8. The number of likely N-dealkylation sites (N-methyl/N-ethyl adjacent to an activating group) is 2. The molecule has 7 heteroatoms. The zero-order chi connectivity index (χ0) is 18.8. The SMILES string of the molecule is CCC(C)NC1=[N+](CCc2ccccc2)C2C(=O)N(C)C(=O)N(C)C2=N1. The molecule has 2 heterocycles. The second-order valence-corrected chi connectivity index (χ2v) is 6.82. The lowest BCUT2D eigenvalue weighted by Crippen LogP contribution is -2.61. The first kappa shape index (κ1) is 18.1. The number of amidine groups is 1. The van der Waals surface area contributed by atoms with Crippen LogP contribution in [-0.2, 0) is 11.2 Å². The Labute approximate surface area is 154 Å². The van der Waals surface area contributed by atoms with Gasteiger partial charge in [-0.1, -0.05) is 42.2 Å². The van der Waals surface area contributed by atoms with Gasteiger partial charge < -0.3 is 0 Å². The van der Waals surface area contributed by atoms with Crippen LogP contribution in [0.4, 0.5) is 4.79 Å². The Morgan fingerprint density at radius 2 is 1.88 bits per heavy atom. The number of nitrogens with one attached hydrogen (secondary N) is 1. The van der Waals surface area contributed by atoms with Gasteiger partial charge >= 0.3 is 12.0 Å². The van der Waals surface area contributed by atoms with E-state index in [4.69, 9.17) is 0 Å². The van der Waals surface area contributed by atoms with Gasteiger partial charge in [0.1, 0.15) is 0 Å². The van der Waals surface area contributed by atoms with Crippen LogP contribution in [0.1, 0.15) is 25.8 Å². The molecule has 2 aliphatic heterocycles. The van der Waals surface area contributed by atoms with Gasteiger partial charge in [0.15, 0.2) is 0 Å². The van der Waals surface area contributed by atoms with Gasteiger partial charge in [0.25, 0.3) is 5.91 Å². The molecule has 1 saturated heterocycles. The van der Waals surface area contributed by atoms with Crippen LogP contribution in [0.15, 0.2) is 35.3 Å². The molecule has 2 aliphatic rings. The van der Waals surface area contributed by atoms with E-state index in [1.165, 1.54) is 22.4 Å². The highest BCUT2D eigenvalue weighted by Gasteiger charge is 2.51. The lowest BCUT2D eigenvalue weighted by Gasteiger charge is -2.31. The molecule has 0 bridgehead atoms. The minimum Gasteiger partial charge on any atom is -0.272 e. The third kappa shape index (κ3) is 3.21. The Morgan fingerprint density at radius 1 is 1.19 bits per heavy atom. The van der Waals surface area contributed by atoms with Crippen molar-refractivity contribution in [3.63, 3.8) is 0 Å². The number of imide groups is 1. The number of fused-ring (bicyclic) bond motifs is 1. The number of hydrogen-bond acceptors (Lipinski definition) is 4. The smallest absolute Gasteiger partial charge is 0.272 e. The van der Waals surface area contributed by atoms with Gasteiger partial charge in [0, 0.05) is 20.5 Å². The summed E-state index contributed by atoms with van der Waals surface area (Å²) in [5, 5.41) is 3.39. The number of hydrogen-bond donors (Lipinski definition) is 1. The van der Waals surface area contributed by atoms with Crippen molar-refractivity contribution < 1.29 is 14.2 Å². The first-order valence-electron chi connectivity index (χ1n) is 9.02. The number of nitrogens with zero attached hydrogens (tertiary/aromatic N) is 4. The summed E-state index contributed by atoms with van der Waals surface area (Å²) in [5.74, 6) is 0.927. The van der Waals surface area contributed by atoms with E-state index in [1.54, 1.807) is 7.05 Å². The number of amides is 3. The molecule has 7 nitrogen and oxygen atoms in total. The summed E-state index contributed by atoms with van der Waals surface area (Å²) in [7, 11) is 3.19. The average Bonchev–Trinajstić information content (AvgIpc) is 3.01. The number of carbonyl (C=O) groups is 2. The maximum absolute atomic E-state index is 12.8. The summed E-state index contributed by atoms with van der Waals surface area (Å²) in [4.78, 5) is 32.3. The van der Waals surface area contributed by atoms with Crippen molar-refractivity contribution in [3.05, 3.63) is 35.9 Å². The maximum Gasteiger partial charge on any atom is 0.390 e. The molecule has 0 saturated carbocycles. The molecule has 3 rings (SSSR count). The Balaban J connectivity index is 1.92. The Morgan fingerprint density at radius 3 is 2.54 bits per heavy atom. The largest absolute Gasteiger partial charge is 0.390 e. The molecule has 1 N–H and O–H groups in total. The van der Waals surface area contributed by atoms with E-state index in [0.717, 1.165) is 12.8 Å². The van der Waals surface area contributed by atoms with Crippen molar-refractivity contribution in [3.8, 4) is 0 Å². The maximum atomic E-state index is 12.8. The van der Waals surface area contributed by atoms with Crippen LogP contribution >= 0.6 is 0 Å². The molecule has 0 aromatic heterocycles. The second-order valence-electron chi connectivity index (χ2n) is 6.82. The standard InChI is InChI=1S/C19H25N5O2/c1-5-13(2)20-18-21-16-15(17(25)23(4)19(26)22(16)3)24(18)12-11-14-9-7-6-8-10-14/h6-10,13,15H,5,11-12H2,1-4H3/p+1. The Kier molecular flexibility index (Phi) is 5.06. The van der Waals surface area contributed by atoms with E-state index in [2.05, 4.69) is 36.3 Å². The molecule has 0 radical (unpaired) electrons. The first-order valence-corrected chi connectivity index (χ1v) is 9.02. The van der Waals surface area contributed by atoms with Crippen molar-refractivity contribution in [1.29, 1.82) is 0 Å². The molecule has 1 aromatic rings. The molecule has 138 valence electrons. The van der Waals surface area contributed by atoms with Crippen LogP contribution in [0.25, 0.3) is 0 Å². The summed E-state index contributed by atoms with van der Waals surface area (Å²) in [6.45, 7) is 4.81. The number of carbonyl (C=O) groups excluding carboxylic acids is 2. The zero-order valence-corrected chi connectivity index (χ0v) is 15.8. The predicted octanol–water partition coefficient (Wildman–Crippen LogP) is 1.29. The Bertz CT molecular complexity index is 771. The highest BCUT2D eigenvalue weighted by Crippen LogP contribution is 2.19. The molecule has 0 spiro atoms. The number of guanidine groups is 1. The lowest BCUT2D eigenvalue weighted by molar-refractivity contribution is -0.536. The van der Waals surface area contributed by atoms with Gasteiger partial charge in [-0.25, -0.2) is 9.37 Å². The van der Waals surface area contributed by atoms with Gasteiger partial charge in [-0.15, -0.1) is 0 Å². The fourth-order valence-corrected chi connectivity index (χ4v) is 3.17. The van der Waals surface area contributed by atoms with E-state index >= 15 is 0 Å². The van der Waals surface area contributed by atoms with Crippen LogP contribution in [0.5, 0.6) is 0 Å². The molecule has 1 aromatic carbocycles. The molecule has 0 aliphatic carbocycles. The van der Waals surface area contributed by atoms with Gasteiger partial charge in [0.2, 0.25) is 11.9 Å². The summed E-state index contributed by atoms with van der Waals surface area (Å²) < 4.78 is 1.98. The molecular formula is C19H26N5O2+. The number of rotatable bonds is 5. The van der Waals surface area contributed by atoms with Gasteiger partial charge in [-0.3, -0.25) is 19.9 Å². The first-order chi connectivity index (χ1) is 12.4. The minimum atomic E-state index is -0.557. The highest BCUT2D eigenvalue weighted by molar-refractivity contribution is 6.22. The van der Waals surface area contributed by atoms with Crippen LogP contribution in [0.2, 0.25) is 0 Å². The second kappa shape index (κ2) is 7.27. The lowest BCUT2D eigenvalue weighted by atomic mass is 10.1. The minimum absolute atomic E-state index is 0.225. The predicted molar refractivity (Wildman–Crippen MR) is 100 cm³/mol.